The molecule has 0 saturated carbocycles. The monoisotopic (exact) mass is 248 g/mol. The number of aliphatic hydroxyl groups excluding tert-OH is 1. The Morgan fingerprint density at radius 1 is 1.50 bits per heavy atom. The number of esters is 1. The summed E-state index contributed by atoms with van der Waals surface area (Å²) in [6, 6.07) is 7.22. The first-order valence-corrected chi connectivity index (χ1v) is 5.71. The summed E-state index contributed by atoms with van der Waals surface area (Å²) in [6.07, 6.45) is -1.23. The van der Waals surface area contributed by atoms with Gasteiger partial charge in [0.15, 0.2) is 6.10 Å². The van der Waals surface area contributed by atoms with Crippen LogP contribution in [0.2, 0.25) is 0 Å². The summed E-state index contributed by atoms with van der Waals surface area (Å²) in [5.41, 5.74) is 1.62. The van der Waals surface area contributed by atoms with Gasteiger partial charge in [0.05, 0.1) is 13.2 Å². The number of carbonyl (C=O) groups excluding carboxylic acids is 1. The van der Waals surface area contributed by atoms with Crippen molar-refractivity contribution in [1.29, 1.82) is 0 Å². The maximum absolute atomic E-state index is 11.2. The van der Waals surface area contributed by atoms with E-state index < -0.39 is 12.1 Å². The maximum atomic E-state index is 11.2. The highest BCUT2D eigenvalue weighted by Crippen LogP contribution is 2.01. The molecule has 0 amide bonds. The lowest BCUT2D eigenvalue weighted by Crippen LogP contribution is -2.41. The highest BCUT2D eigenvalue weighted by molar-refractivity contribution is 6.32. The van der Waals surface area contributed by atoms with Crippen LogP contribution in [-0.2, 0) is 16.1 Å². The van der Waals surface area contributed by atoms with Crippen LogP contribution < -0.4 is 11.3 Å². The van der Waals surface area contributed by atoms with Gasteiger partial charge in [0, 0.05) is 6.54 Å². The van der Waals surface area contributed by atoms with Crippen LogP contribution in [0.1, 0.15) is 12.5 Å². The molecule has 0 aliphatic carbocycles. The van der Waals surface area contributed by atoms with Gasteiger partial charge in [-0.15, -0.1) is 0 Å². The first-order valence-electron chi connectivity index (χ1n) is 5.71. The molecule has 6 heteroatoms. The van der Waals surface area contributed by atoms with E-state index in [4.69, 9.17) is 13.7 Å². The predicted molar refractivity (Wildman–Crippen MR) is 69.1 cm³/mol. The molecule has 0 aliphatic rings. The smallest absolute Gasteiger partial charge is 0.336 e. The van der Waals surface area contributed by atoms with Crippen molar-refractivity contribution >= 4 is 19.3 Å². The number of hydrogen-bond acceptors (Lipinski definition) is 5. The van der Waals surface area contributed by atoms with Crippen molar-refractivity contribution in [1.82, 2.24) is 5.01 Å². The second-order valence-corrected chi connectivity index (χ2v) is 3.94. The largest absolute Gasteiger partial charge is 0.464 e. The Balaban J connectivity index is 2.43. The molecule has 0 heterocycles. The molecule has 1 atom stereocenters. The summed E-state index contributed by atoms with van der Waals surface area (Å²) in [7, 11) is 5.57. The van der Waals surface area contributed by atoms with Crippen molar-refractivity contribution in [3.63, 3.8) is 0 Å². The van der Waals surface area contributed by atoms with E-state index in [-0.39, 0.29) is 13.2 Å². The van der Waals surface area contributed by atoms with Crippen molar-refractivity contribution in [3.8, 4) is 0 Å². The van der Waals surface area contributed by atoms with Crippen molar-refractivity contribution in [2.24, 2.45) is 5.84 Å². The van der Waals surface area contributed by atoms with Gasteiger partial charge in [0.1, 0.15) is 7.85 Å². The van der Waals surface area contributed by atoms with Gasteiger partial charge < -0.3 is 9.84 Å². The number of rotatable bonds is 6. The number of hydrogen-bond donors (Lipinski definition) is 2. The van der Waals surface area contributed by atoms with Gasteiger partial charge in [0.2, 0.25) is 0 Å². The van der Waals surface area contributed by atoms with Gasteiger partial charge >= 0.3 is 5.97 Å². The number of benzene rings is 1. The number of hydrazine groups is 1. The zero-order valence-corrected chi connectivity index (χ0v) is 10.4. The molecule has 0 fully saturated rings. The lowest BCUT2D eigenvalue weighted by atomic mass is 9.95. The third kappa shape index (κ3) is 4.87. The van der Waals surface area contributed by atoms with E-state index in [0.717, 1.165) is 5.56 Å². The average Bonchev–Trinajstić information content (AvgIpc) is 2.32. The highest BCUT2D eigenvalue weighted by atomic mass is 16.5. The topological polar surface area (TPSA) is 75.8 Å². The van der Waals surface area contributed by atoms with Crippen LogP contribution in [0, 0.1) is 0 Å². The minimum absolute atomic E-state index is 0.0171. The second-order valence-electron chi connectivity index (χ2n) is 3.94. The molecule has 1 aromatic rings. The van der Waals surface area contributed by atoms with Crippen molar-refractivity contribution in [2.75, 3.05) is 13.2 Å². The van der Waals surface area contributed by atoms with E-state index in [1.54, 1.807) is 19.1 Å². The van der Waals surface area contributed by atoms with E-state index >= 15 is 0 Å². The Kier molecular flexibility index (Phi) is 5.84. The third-order valence-corrected chi connectivity index (χ3v) is 2.33. The summed E-state index contributed by atoms with van der Waals surface area (Å²) in [5.74, 6) is 5.05. The van der Waals surface area contributed by atoms with Crippen molar-refractivity contribution in [2.45, 2.75) is 19.6 Å². The average molecular weight is 248 g/mol. The molecular weight excluding hydrogens is 231 g/mol. The summed E-state index contributed by atoms with van der Waals surface area (Å²) in [4.78, 5) is 11.2. The Bertz CT molecular complexity index is 383. The minimum Gasteiger partial charge on any atom is -0.464 e. The fourth-order valence-electron chi connectivity index (χ4n) is 1.46. The standard InChI is InChI=1S/C12H17BN2O3/c1-2-18-12(17)11(16)8-15(14)7-9-3-5-10(13)6-4-9/h3-6,11,16H,2,7-8,14H2,1H3/t11-/m1/s1. The van der Waals surface area contributed by atoms with Gasteiger partial charge in [-0.3, -0.25) is 5.84 Å². The highest BCUT2D eigenvalue weighted by Gasteiger charge is 2.18. The SMILES string of the molecule is [B]c1ccc(CN(N)C[C@@H](O)C(=O)OCC)cc1. The molecule has 0 spiro atoms. The van der Waals surface area contributed by atoms with Crippen LogP contribution in [0.25, 0.3) is 0 Å². The van der Waals surface area contributed by atoms with E-state index in [9.17, 15) is 9.90 Å². The Hall–Kier alpha value is -1.37. The second kappa shape index (κ2) is 7.15. The van der Waals surface area contributed by atoms with Crippen molar-refractivity contribution in [3.05, 3.63) is 29.8 Å². The van der Waals surface area contributed by atoms with E-state index in [1.165, 1.54) is 5.01 Å². The normalized spacial score (nSPS) is 12.4. The van der Waals surface area contributed by atoms with Gasteiger partial charge in [-0.25, -0.2) is 9.80 Å². The maximum Gasteiger partial charge on any atom is 0.336 e. The summed E-state index contributed by atoms with van der Waals surface area (Å²) < 4.78 is 4.68. The van der Waals surface area contributed by atoms with E-state index in [2.05, 4.69) is 4.74 Å². The Morgan fingerprint density at radius 2 is 2.11 bits per heavy atom. The van der Waals surface area contributed by atoms with Gasteiger partial charge in [-0.1, -0.05) is 29.7 Å². The van der Waals surface area contributed by atoms with Crippen LogP contribution >= 0.6 is 0 Å². The van der Waals surface area contributed by atoms with E-state index in [0.29, 0.717) is 12.0 Å². The first-order chi connectivity index (χ1) is 8.52. The molecular formula is C12H17BN2O3. The zero-order chi connectivity index (χ0) is 13.5. The summed E-state index contributed by atoms with van der Waals surface area (Å²) in [5, 5.41) is 10.9. The van der Waals surface area contributed by atoms with Crippen molar-refractivity contribution < 1.29 is 14.6 Å². The molecule has 0 aromatic heterocycles. The molecule has 1 rings (SSSR count). The lowest BCUT2D eigenvalue weighted by Gasteiger charge is -2.19. The zero-order valence-electron chi connectivity index (χ0n) is 10.4. The fraction of sp³-hybridized carbons (Fsp3) is 0.417. The summed E-state index contributed by atoms with van der Waals surface area (Å²) >= 11 is 0. The predicted octanol–water partition coefficient (Wildman–Crippen LogP) is -0.920. The number of ether oxygens (including phenoxy) is 1. The molecule has 1 aromatic carbocycles. The lowest BCUT2D eigenvalue weighted by molar-refractivity contribution is -0.154. The quantitative estimate of drug-likeness (QED) is 0.295. The van der Waals surface area contributed by atoms with Crippen LogP contribution in [0.5, 0.6) is 0 Å². The first kappa shape index (κ1) is 14.7. The van der Waals surface area contributed by atoms with Gasteiger partial charge in [-0.2, -0.15) is 0 Å². The third-order valence-electron chi connectivity index (χ3n) is 2.33. The van der Waals surface area contributed by atoms with Gasteiger partial charge in [0.25, 0.3) is 0 Å². The molecule has 0 saturated heterocycles. The van der Waals surface area contributed by atoms with Crippen LogP contribution in [-0.4, -0.2) is 43.2 Å². The number of nitrogens with zero attached hydrogens (tertiary/aromatic N) is 1. The molecule has 0 bridgehead atoms. The number of aliphatic hydroxyl groups is 1. The molecule has 0 unspecified atom stereocenters. The molecule has 5 nitrogen and oxygen atoms in total. The molecule has 18 heavy (non-hydrogen) atoms. The Morgan fingerprint density at radius 3 is 2.67 bits per heavy atom. The minimum atomic E-state index is -1.23. The fourth-order valence-corrected chi connectivity index (χ4v) is 1.46. The number of carbonyl (C=O) groups is 1. The number of nitrogens with two attached hydrogens (primary N) is 1. The molecule has 2 radical (unpaired) electrons. The summed E-state index contributed by atoms with van der Waals surface area (Å²) in [6.45, 7) is 2.34. The van der Waals surface area contributed by atoms with Crippen LogP contribution in [0.3, 0.4) is 0 Å². The van der Waals surface area contributed by atoms with E-state index in [1.807, 2.05) is 12.1 Å². The molecule has 3 N–H and O–H groups in total. The molecule has 96 valence electrons. The van der Waals surface area contributed by atoms with Gasteiger partial charge in [-0.05, 0) is 12.5 Å². The Labute approximate surface area is 108 Å². The molecule has 0 aliphatic heterocycles. The van der Waals surface area contributed by atoms with Crippen LogP contribution in [0.4, 0.5) is 0 Å². The van der Waals surface area contributed by atoms with Crippen LogP contribution in [0.15, 0.2) is 24.3 Å².